The molecule has 1 amide bonds. The number of hydrogen-bond donors (Lipinski definition) is 2. The van der Waals surface area contributed by atoms with Crippen LogP contribution in [0.5, 0.6) is 5.88 Å². The molecule has 0 radical (unpaired) electrons. The van der Waals surface area contributed by atoms with E-state index in [1.165, 1.54) is 12.3 Å². The number of nitrogens with zero attached hydrogens (tertiary/aromatic N) is 2. The first-order valence-electron chi connectivity index (χ1n) is 8.68. The highest BCUT2D eigenvalue weighted by Gasteiger charge is 2.28. The molecule has 0 aromatic carbocycles. The Balaban J connectivity index is 1.65. The Kier molecular flexibility index (Phi) is 5.83. The van der Waals surface area contributed by atoms with Crippen LogP contribution < -0.4 is 15.8 Å². The van der Waals surface area contributed by atoms with Gasteiger partial charge in [-0.25, -0.2) is 4.98 Å². The van der Waals surface area contributed by atoms with Gasteiger partial charge in [-0.05, 0) is 29.6 Å². The fourth-order valence-electron chi connectivity index (χ4n) is 3.04. The van der Waals surface area contributed by atoms with Crippen LogP contribution in [0.3, 0.4) is 0 Å². The Hall–Kier alpha value is -2.90. The van der Waals surface area contributed by atoms with Gasteiger partial charge in [0.05, 0.1) is 6.04 Å². The number of anilines is 1. The predicted molar refractivity (Wildman–Crippen MR) is 93.2 cm³/mol. The predicted octanol–water partition coefficient (Wildman–Crippen LogP) is 1.52. The summed E-state index contributed by atoms with van der Waals surface area (Å²) in [5.74, 6) is 0.294. The molecule has 0 aliphatic heterocycles. The number of nitrogens with one attached hydrogen (secondary N) is 1. The standard InChI is InChI=1S/C18H22N4O4/c19-16-6-5-12(10-20-16)9-14(21-18(24)13-3-1-2-4-13)15(23)11-25-17-7-8-26-22-17/h5-8,10,13-14H,1-4,9,11H2,(H2,19,20)(H,21,24). The summed E-state index contributed by atoms with van der Waals surface area (Å²) in [6.45, 7) is -0.204. The summed E-state index contributed by atoms with van der Waals surface area (Å²) in [6.07, 6.45) is 7.13. The van der Waals surface area contributed by atoms with Gasteiger partial charge in [0, 0.05) is 24.6 Å². The average molecular weight is 358 g/mol. The molecule has 2 aromatic rings. The van der Waals surface area contributed by atoms with Crippen molar-refractivity contribution in [3.63, 3.8) is 0 Å². The van der Waals surface area contributed by atoms with Crippen LogP contribution >= 0.6 is 0 Å². The van der Waals surface area contributed by atoms with E-state index < -0.39 is 6.04 Å². The molecule has 2 aromatic heterocycles. The summed E-state index contributed by atoms with van der Waals surface area (Å²) in [7, 11) is 0. The quantitative estimate of drug-likeness (QED) is 0.734. The fraction of sp³-hybridized carbons (Fsp3) is 0.444. The first-order chi connectivity index (χ1) is 12.6. The number of carbonyl (C=O) groups excluding carboxylic acids is 2. The smallest absolute Gasteiger partial charge is 0.254 e. The minimum atomic E-state index is -0.694. The second-order valence-corrected chi connectivity index (χ2v) is 6.43. The lowest BCUT2D eigenvalue weighted by atomic mass is 10.0. The zero-order valence-electron chi connectivity index (χ0n) is 14.4. The van der Waals surface area contributed by atoms with Gasteiger partial charge in [-0.15, -0.1) is 0 Å². The van der Waals surface area contributed by atoms with Gasteiger partial charge in [0.15, 0.2) is 12.4 Å². The number of Topliss-reactive ketones (excluding diaryl/α,β-unsaturated/α-hetero) is 1. The molecule has 0 saturated heterocycles. The number of nitrogens with two attached hydrogens (primary N) is 1. The maximum atomic E-state index is 12.6. The lowest BCUT2D eigenvalue weighted by Crippen LogP contribution is -2.46. The number of nitrogen functional groups attached to an aromatic ring is 1. The van der Waals surface area contributed by atoms with Gasteiger partial charge in [0.25, 0.3) is 5.88 Å². The molecule has 1 unspecified atom stereocenters. The van der Waals surface area contributed by atoms with Crippen molar-refractivity contribution in [3.8, 4) is 5.88 Å². The highest BCUT2D eigenvalue weighted by Crippen LogP contribution is 2.25. The average Bonchev–Trinajstić information content (AvgIpc) is 3.34. The van der Waals surface area contributed by atoms with Crippen molar-refractivity contribution in [2.45, 2.75) is 38.1 Å². The van der Waals surface area contributed by atoms with Crippen molar-refractivity contribution in [3.05, 3.63) is 36.2 Å². The van der Waals surface area contributed by atoms with Crippen molar-refractivity contribution in [1.82, 2.24) is 15.5 Å². The molecule has 1 aliphatic rings. The number of ketones is 1. The zero-order chi connectivity index (χ0) is 18.4. The van der Waals surface area contributed by atoms with Gasteiger partial charge in [-0.3, -0.25) is 9.59 Å². The normalized spacial score (nSPS) is 15.5. The third-order valence-electron chi connectivity index (χ3n) is 4.50. The van der Waals surface area contributed by atoms with Gasteiger partial charge in [0.1, 0.15) is 12.1 Å². The molecule has 1 aliphatic carbocycles. The van der Waals surface area contributed by atoms with Crippen molar-refractivity contribution in [2.75, 3.05) is 12.3 Å². The van der Waals surface area contributed by atoms with Crippen LogP contribution in [0.1, 0.15) is 31.2 Å². The first kappa shape index (κ1) is 17.9. The van der Waals surface area contributed by atoms with Crippen LogP contribution in [0.25, 0.3) is 0 Å². The summed E-state index contributed by atoms with van der Waals surface area (Å²) in [5.41, 5.74) is 6.41. The van der Waals surface area contributed by atoms with E-state index in [4.69, 9.17) is 10.5 Å². The first-order valence-corrected chi connectivity index (χ1v) is 8.68. The maximum absolute atomic E-state index is 12.6. The third kappa shape index (κ3) is 4.81. The molecule has 3 N–H and O–H groups in total. The number of ether oxygens (including phenoxy) is 1. The van der Waals surface area contributed by atoms with Crippen molar-refractivity contribution < 1.29 is 18.8 Å². The van der Waals surface area contributed by atoms with Crippen LogP contribution in [0.4, 0.5) is 5.82 Å². The van der Waals surface area contributed by atoms with Gasteiger partial charge < -0.3 is 20.3 Å². The molecule has 8 nitrogen and oxygen atoms in total. The Morgan fingerprint density at radius 3 is 2.77 bits per heavy atom. The van der Waals surface area contributed by atoms with E-state index in [1.54, 1.807) is 18.3 Å². The van der Waals surface area contributed by atoms with Gasteiger partial charge >= 0.3 is 0 Å². The highest BCUT2D eigenvalue weighted by atomic mass is 16.5. The molecule has 0 spiro atoms. The van der Waals surface area contributed by atoms with Crippen LogP contribution in [-0.4, -0.2) is 34.5 Å². The largest absolute Gasteiger partial charge is 0.467 e. The van der Waals surface area contributed by atoms with Crippen LogP contribution in [0, 0.1) is 5.92 Å². The lowest BCUT2D eigenvalue weighted by Gasteiger charge is -2.20. The number of aromatic nitrogens is 2. The van der Waals surface area contributed by atoms with E-state index in [-0.39, 0.29) is 30.1 Å². The van der Waals surface area contributed by atoms with Gasteiger partial charge in [0.2, 0.25) is 5.91 Å². The molecular formula is C18H22N4O4. The fourth-order valence-corrected chi connectivity index (χ4v) is 3.04. The number of hydrogen-bond acceptors (Lipinski definition) is 7. The Labute approximate surface area is 151 Å². The minimum absolute atomic E-state index is 0.0219. The molecule has 1 atom stereocenters. The van der Waals surface area contributed by atoms with Gasteiger partial charge in [-0.1, -0.05) is 18.9 Å². The Morgan fingerprint density at radius 1 is 1.31 bits per heavy atom. The SMILES string of the molecule is Nc1ccc(CC(NC(=O)C2CCCC2)C(=O)COc2ccon2)cn1. The summed E-state index contributed by atoms with van der Waals surface area (Å²) >= 11 is 0. The van der Waals surface area contributed by atoms with Crippen molar-refractivity contribution in [2.24, 2.45) is 5.92 Å². The molecular weight excluding hydrogens is 336 g/mol. The topological polar surface area (TPSA) is 120 Å². The van der Waals surface area contributed by atoms with Crippen molar-refractivity contribution in [1.29, 1.82) is 0 Å². The summed E-state index contributed by atoms with van der Waals surface area (Å²) in [4.78, 5) is 29.1. The molecule has 138 valence electrons. The van der Waals surface area contributed by atoms with Crippen LogP contribution in [0.2, 0.25) is 0 Å². The number of carbonyl (C=O) groups is 2. The molecule has 3 rings (SSSR count). The molecule has 1 fully saturated rings. The van der Waals surface area contributed by atoms with E-state index >= 15 is 0 Å². The van der Waals surface area contributed by atoms with E-state index in [1.807, 2.05) is 0 Å². The lowest BCUT2D eigenvalue weighted by molar-refractivity contribution is -0.131. The number of pyridine rings is 1. The van der Waals surface area contributed by atoms with Crippen LogP contribution in [-0.2, 0) is 16.0 Å². The second kappa shape index (κ2) is 8.46. The zero-order valence-corrected chi connectivity index (χ0v) is 14.4. The molecule has 0 bridgehead atoms. The molecule has 8 heteroatoms. The molecule has 2 heterocycles. The second-order valence-electron chi connectivity index (χ2n) is 6.43. The Morgan fingerprint density at radius 2 is 2.12 bits per heavy atom. The van der Waals surface area contributed by atoms with Gasteiger partial charge in [-0.2, -0.15) is 0 Å². The van der Waals surface area contributed by atoms with E-state index in [0.717, 1.165) is 31.2 Å². The number of rotatable bonds is 8. The van der Waals surface area contributed by atoms with Crippen LogP contribution in [0.15, 0.2) is 35.2 Å². The van der Waals surface area contributed by atoms with Crippen molar-refractivity contribution >= 4 is 17.5 Å². The maximum Gasteiger partial charge on any atom is 0.254 e. The minimum Gasteiger partial charge on any atom is -0.467 e. The third-order valence-corrected chi connectivity index (χ3v) is 4.50. The van der Waals surface area contributed by atoms with E-state index in [0.29, 0.717) is 12.2 Å². The summed E-state index contributed by atoms with van der Waals surface area (Å²) in [5, 5.41) is 6.49. The highest BCUT2D eigenvalue weighted by molar-refractivity contribution is 5.91. The summed E-state index contributed by atoms with van der Waals surface area (Å²) in [6, 6.07) is 4.29. The summed E-state index contributed by atoms with van der Waals surface area (Å²) < 4.78 is 9.98. The monoisotopic (exact) mass is 358 g/mol. The molecule has 26 heavy (non-hydrogen) atoms. The number of amides is 1. The Bertz CT molecular complexity index is 724. The van der Waals surface area contributed by atoms with E-state index in [9.17, 15) is 9.59 Å². The molecule has 1 saturated carbocycles. The van der Waals surface area contributed by atoms with E-state index in [2.05, 4.69) is 20.0 Å².